The van der Waals surface area contributed by atoms with Crippen molar-refractivity contribution in [3.8, 4) is 5.75 Å². The number of rotatable bonds is 2. The zero-order chi connectivity index (χ0) is 13.3. The van der Waals surface area contributed by atoms with Gasteiger partial charge in [0.05, 0.1) is 7.11 Å². The van der Waals surface area contributed by atoms with Gasteiger partial charge >= 0.3 is 0 Å². The van der Waals surface area contributed by atoms with E-state index in [1.807, 2.05) is 0 Å². The van der Waals surface area contributed by atoms with Crippen molar-refractivity contribution < 1.29 is 9.47 Å². The first-order valence-corrected chi connectivity index (χ1v) is 7.18. The lowest BCUT2D eigenvalue weighted by Crippen LogP contribution is -2.35. The smallest absolute Gasteiger partial charge is 0.121 e. The van der Waals surface area contributed by atoms with Crippen molar-refractivity contribution >= 4 is 0 Å². The minimum atomic E-state index is 0.402. The van der Waals surface area contributed by atoms with Crippen LogP contribution in [0.25, 0.3) is 0 Å². The predicted molar refractivity (Wildman–Crippen MR) is 75.8 cm³/mol. The summed E-state index contributed by atoms with van der Waals surface area (Å²) in [5.41, 5.74) is 3.08. The first kappa shape index (κ1) is 12.9. The maximum atomic E-state index is 5.55. The van der Waals surface area contributed by atoms with E-state index in [1.165, 1.54) is 24.0 Å². The second kappa shape index (κ2) is 5.14. The van der Waals surface area contributed by atoms with E-state index < -0.39 is 0 Å². The fourth-order valence-electron chi connectivity index (χ4n) is 3.70. The molecule has 0 bridgehead atoms. The molecule has 0 aromatic heterocycles. The number of hydrogen-bond donors (Lipinski definition) is 1. The number of nitrogens with one attached hydrogen (secondary N) is 1. The molecule has 19 heavy (non-hydrogen) atoms. The van der Waals surface area contributed by atoms with E-state index in [2.05, 4.69) is 30.4 Å². The molecule has 0 amide bonds. The Bertz CT molecular complexity index is 452. The standard InChI is InChI=1S/C16H23NO2/c1-12-9-13(3-4-15(12)18-2)14-10-17-11-16(14)5-7-19-8-6-16/h3-4,9,14,17H,5-8,10-11H2,1-2H3. The highest BCUT2D eigenvalue weighted by Gasteiger charge is 2.44. The predicted octanol–water partition coefficient (Wildman–Crippen LogP) is 2.49. The molecule has 1 atom stereocenters. The fourth-order valence-corrected chi connectivity index (χ4v) is 3.70. The van der Waals surface area contributed by atoms with Crippen LogP contribution in [0.2, 0.25) is 0 Å². The van der Waals surface area contributed by atoms with Crippen molar-refractivity contribution in [1.82, 2.24) is 5.32 Å². The van der Waals surface area contributed by atoms with Crippen LogP contribution in [0.15, 0.2) is 18.2 Å². The second-order valence-electron chi connectivity index (χ2n) is 5.89. The summed E-state index contributed by atoms with van der Waals surface area (Å²) in [5.74, 6) is 1.59. The maximum Gasteiger partial charge on any atom is 0.121 e. The topological polar surface area (TPSA) is 30.5 Å². The lowest BCUT2D eigenvalue weighted by atomic mass is 9.69. The Kier molecular flexibility index (Phi) is 3.50. The third kappa shape index (κ3) is 2.26. The van der Waals surface area contributed by atoms with E-state index in [1.54, 1.807) is 7.11 Å². The Hall–Kier alpha value is -1.06. The zero-order valence-corrected chi connectivity index (χ0v) is 11.9. The van der Waals surface area contributed by atoms with Gasteiger partial charge in [0.15, 0.2) is 0 Å². The number of benzene rings is 1. The lowest BCUT2D eigenvalue weighted by molar-refractivity contribution is 0.0165. The van der Waals surface area contributed by atoms with Crippen molar-refractivity contribution in [2.45, 2.75) is 25.7 Å². The molecule has 104 valence electrons. The average molecular weight is 261 g/mol. The molecule has 0 saturated carbocycles. The molecular formula is C16H23NO2. The van der Waals surface area contributed by atoms with E-state index in [0.29, 0.717) is 11.3 Å². The SMILES string of the molecule is COc1ccc(C2CNCC23CCOCC3)cc1C. The van der Waals surface area contributed by atoms with E-state index in [4.69, 9.17) is 9.47 Å². The Morgan fingerprint density at radius 1 is 1.32 bits per heavy atom. The van der Waals surface area contributed by atoms with Crippen molar-refractivity contribution in [3.63, 3.8) is 0 Å². The highest BCUT2D eigenvalue weighted by atomic mass is 16.5. The molecule has 3 rings (SSSR count). The van der Waals surface area contributed by atoms with Gasteiger partial charge in [0, 0.05) is 32.2 Å². The summed E-state index contributed by atoms with van der Waals surface area (Å²) in [7, 11) is 1.74. The molecule has 1 N–H and O–H groups in total. The summed E-state index contributed by atoms with van der Waals surface area (Å²) in [5, 5.41) is 3.59. The zero-order valence-electron chi connectivity index (χ0n) is 11.9. The largest absolute Gasteiger partial charge is 0.496 e. The summed E-state index contributed by atoms with van der Waals surface area (Å²) in [4.78, 5) is 0. The van der Waals surface area contributed by atoms with Gasteiger partial charge in [-0.1, -0.05) is 12.1 Å². The molecule has 2 aliphatic heterocycles. The molecule has 2 heterocycles. The van der Waals surface area contributed by atoms with Gasteiger partial charge in [-0.2, -0.15) is 0 Å². The molecule has 0 aliphatic carbocycles. The van der Waals surface area contributed by atoms with Gasteiger partial charge in [-0.05, 0) is 42.4 Å². The molecule has 2 saturated heterocycles. The number of hydrogen-bond acceptors (Lipinski definition) is 3. The van der Waals surface area contributed by atoms with Gasteiger partial charge in [-0.15, -0.1) is 0 Å². The highest BCUT2D eigenvalue weighted by molar-refractivity contribution is 5.39. The van der Waals surface area contributed by atoms with Gasteiger partial charge in [-0.25, -0.2) is 0 Å². The summed E-state index contributed by atoms with van der Waals surface area (Å²) < 4.78 is 10.9. The van der Waals surface area contributed by atoms with Crippen LogP contribution in [-0.4, -0.2) is 33.4 Å². The van der Waals surface area contributed by atoms with Crippen molar-refractivity contribution in [2.24, 2.45) is 5.41 Å². The van der Waals surface area contributed by atoms with E-state index in [9.17, 15) is 0 Å². The fraction of sp³-hybridized carbons (Fsp3) is 0.625. The summed E-state index contributed by atoms with van der Waals surface area (Å²) in [6, 6.07) is 6.64. The second-order valence-corrected chi connectivity index (χ2v) is 5.89. The molecule has 1 aromatic carbocycles. The Balaban J connectivity index is 1.90. The Morgan fingerprint density at radius 2 is 2.11 bits per heavy atom. The summed E-state index contributed by atoms with van der Waals surface area (Å²) in [6.45, 7) is 6.17. The van der Waals surface area contributed by atoms with Crippen LogP contribution in [0.3, 0.4) is 0 Å². The molecule has 1 aromatic rings. The molecular weight excluding hydrogens is 238 g/mol. The van der Waals surface area contributed by atoms with Crippen LogP contribution in [-0.2, 0) is 4.74 Å². The van der Waals surface area contributed by atoms with Gasteiger partial charge in [0.1, 0.15) is 5.75 Å². The molecule has 0 radical (unpaired) electrons. The normalized spacial score (nSPS) is 25.7. The minimum Gasteiger partial charge on any atom is -0.496 e. The Morgan fingerprint density at radius 3 is 2.79 bits per heavy atom. The van der Waals surface area contributed by atoms with Gasteiger partial charge in [0.25, 0.3) is 0 Å². The lowest BCUT2D eigenvalue weighted by Gasteiger charge is -2.38. The molecule has 2 fully saturated rings. The summed E-state index contributed by atoms with van der Waals surface area (Å²) >= 11 is 0. The minimum absolute atomic E-state index is 0.402. The third-order valence-corrected chi connectivity index (χ3v) is 4.87. The van der Waals surface area contributed by atoms with Crippen LogP contribution < -0.4 is 10.1 Å². The van der Waals surface area contributed by atoms with Gasteiger partial charge in [0.2, 0.25) is 0 Å². The van der Waals surface area contributed by atoms with Gasteiger partial charge in [-0.3, -0.25) is 0 Å². The molecule has 3 heteroatoms. The van der Waals surface area contributed by atoms with Crippen LogP contribution in [0, 0.1) is 12.3 Å². The maximum absolute atomic E-state index is 5.55. The van der Waals surface area contributed by atoms with E-state index in [-0.39, 0.29) is 0 Å². The number of aryl methyl sites for hydroxylation is 1. The van der Waals surface area contributed by atoms with Crippen LogP contribution in [0.1, 0.15) is 29.9 Å². The van der Waals surface area contributed by atoms with Crippen LogP contribution >= 0.6 is 0 Å². The van der Waals surface area contributed by atoms with Crippen LogP contribution in [0.5, 0.6) is 5.75 Å². The quantitative estimate of drug-likeness (QED) is 0.887. The molecule has 2 aliphatic rings. The molecule has 1 unspecified atom stereocenters. The first-order valence-electron chi connectivity index (χ1n) is 7.18. The first-order chi connectivity index (χ1) is 9.25. The Labute approximate surface area is 115 Å². The van der Waals surface area contributed by atoms with E-state index in [0.717, 1.165) is 32.1 Å². The molecule has 1 spiro atoms. The van der Waals surface area contributed by atoms with E-state index >= 15 is 0 Å². The molecule has 3 nitrogen and oxygen atoms in total. The van der Waals surface area contributed by atoms with Gasteiger partial charge < -0.3 is 14.8 Å². The monoisotopic (exact) mass is 261 g/mol. The average Bonchev–Trinajstić information content (AvgIpc) is 2.82. The number of ether oxygens (including phenoxy) is 2. The van der Waals surface area contributed by atoms with Crippen molar-refractivity contribution in [2.75, 3.05) is 33.4 Å². The van der Waals surface area contributed by atoms with Crippen LogP contribution in [0.4, 0.5) is 0 Å². The van der Waals surface area contributed by atoms with Crippen molar-refractivity contribution in [3.05, 3.63) is 29.3 Å². The summed E-state index contributed by atoms with van der Waals surface area (Å²) in [6.07, 6.45) is 2.35. The highest BCUT2D eigenvalue weighted by Crippen LogP contribution is 2.46. The number of methoxy groups -OCH3 is 1. The van der Waals surface area contributed by atoms with Crippen molar-refractivity contribution in [1.29, 1.82) is 0 Å². The third-order valence-electron chi connectivity index (χ3n) is 4.87.